The monoisotopic (exact) mass is 264 g/mol. The van der Waals surface area contributed by atoms with Gasteiger partial charge in [-0.05, 0) is 22.0 Å². The first-order valence-electron chi connectivity index (χ1n) is 3.44. The molecule has 1 rings (SSSR count). The zero-order valence-electron chi connectivity index (χ0n) is 7.20. The first kappa shape index (κ1) is 10.5. The van der Waals surface area contributed by atoms with Crippen LogP contribution in [0.25, 0.3) is 0 Å². The summed E-state index contributed by atoms with van der Waals surface area (Å²) in [5, 5.41) is 0. The Balaban J connectivity index is 3.01. The molecule has 0 aromatic carbocycles. The molecule has 0 fully saturated rings. The Labute approximate surface area is 85.0 Å². The molecule has 6 heteroatoms. The number of carbonyl (C=O) groups is 1. The van der Waals surface area contributed by atoms with Crippen LogP contribution >= 0.6 is 15.9 Å². The van der Waals surface area contributed by atoms with Crippen LogP contribution in [0.1, 0.15) is 10.5 Å². The van der Waals surface area contributed by atoms with Gasteiger partial charge in [-0.15, -0.1) is 0 Å². The molecule has 0 atom stereocenters. The van der Waals surface area contributed by atoms with Crippen molar-refractivity contribution in [3.05, 3.63) is 22.4 Å². The highest BCUT2D eigenvalue weighted by atomic mass is 79.9. The summed E-state index contributed by atoms with van der Waals surface area (Å²) in [6.07, 6.45) is 4.46. The fraction of sp³-hybridized carbons (Fsp3) is 0.286. The maximum atomic E-state index is 11.3. The third kappa shape index (κ3) is 3.31. The number of carbonyl (C=O) groups excluding carboxylic acids is 1. The quantitative estimate of drug-likeness (QED) is 0.839. The molecule has 1 amide bonds. The predicted molar refractivity (Wildman–Crippen MR) is 55.2 cm³/mol. The van der Waals surface area contributed by atoms with Gasteiger partial charge in [0.15, 0.2) is 0 Å². The molecule has 0 spiro atoms. The number of nitrogens with zero attached hydrogens (tertiary/aromatic N) is 1. The summed E-state index contributed by atoms with van der Waals surface area (Å²) in [5.41, 5.74) is 0.336. The first-order valence-corrected chi connectivity index (χ1v) is 6.56. The van der Waals surface area contributed by atoms with Crippen LogP contribution in [0, 0.1) is 0 Å². The Morgan fingerprint density at radius 3 is 2.62 bits per heavy atom. The number of rotatable bonds is 1. The van der Waals surface area contributed by atoms with Gasteiger partial charge in [0.1, 0.15) is 5.69 Å². The van der Waals surface area contributed by atoms with Crippen LogP contribution in [0.3, 0.4) is 0 Å². The summed E-state index contributed by atoms with van der Waals surface area (Å²) < 4.78 is 15.5. The van der Waals surface area contributed by atoms with E-state index in [9.17, 15) is 9.00 Å². The molecule has 72 valence electrons. The van der Waals surface area contributed by atoms with Crippen molar-refractivity contribution in [3.63, 3.8) is 0 Å². The number of H-pyrrole nitrogens is 1. The van der Waals surface area contributed by atoms with Crippen LogP contribution in [0.15, 0.2) is 21.1 Å². The number of amides is 1. The Kier molecular flexibility index (Phi) is 2.92. The van der Waals surface area contributed by atoms with E-state index in [0.717, 1.165) is 4.47 Å². The van der Waals surface area contributed by atoms with Crippen LogP contribution < -0.4 is 0 Å². The van der Waals surface area contributed by atoms with Gasteiger partial charge >= 0.3 is 5.91 Å². The molecule has 0 radical (unpaired) electrons. The van der Waals surface area contributed by atoms with E-state index >= 15 is 0 Å². The number of nitrogens with one attached hydrogen (secondary N) is 1. The minimum atomic E-state index is -2.37. The van der Waals surface area contributed by atoms with Crippen LogP contribution in [0.5, 0.6) is 0 Å². The van der Waals surface area contributed by atoms with Crippen molar-refractivity contribution in [3.8, 4) is 0 Å². The lowest BCUT2D eigenvalue weighted by molar-refractivity contribution is 0.100. The molecule has 1 aromatic heterocycles. The summed E-state index contributed by atoms with van der Waals surface area (Å²) in [5.74, 6) is -0.485. The number of aromatic nitrogens is 1. The maximum Gasteiger partial charge on any atom is 0.301 e. The minimum Gasteiger partial charge on any atom is -0.356 e. The van der Waals surface area contributed by atoms with Gasteiger partial charge in [0.2, 0.25) is 0 Å². The molecule has 0 aliphatic carbocycles. The van der Waals surface area contributed by atoms with Crippen LogP contribution in [0.4, 0.5) is 0 Å². The van der Waals surface area contributed by atoms with Crippen molar-refractivity contribution in [2.75, 3.05) is 12.5 Å². The highest BCUT2D eigenvalue weighted by Crippen LogP contribution is 2.11. The lowest BCUT2D eigenvalue weighted by Crippen LogP contribution is -2.00. The van der Waals surface area contributed by atoms with Gasteiger partial charge in [-0.3, -0.25) is 4.79 Å². The Morgan fingerprint density at radius 2 is 2.23 bits per heavy atom. The number of hydrogen-bond acceptors (Lipinski definition) is 2. The predicted octanol–water partition coefficient (Wildman–Crippen LogP) is 1.65. The van der Waals surface area contributed by atoms with E-state index in [1.165, 1.54) is 12.5 Å². The van der Waals surface area contributed by atoms with E-state index in [0.29, 0.717) is 5.69 Å². The molecule has 0 unspecified atom stereocenters. The molecule has 1 N–H and O–H groups in total. The summed E-state index contributed by atoms with van der Waals surface area (Å²) >= 11 is 3.18. The average molecular weight is 265 g/mol. The smallest absolute Gasteiger partial charge is 0.301 e. The highest BCUT2D eigenvalue weighted by molar-refractivity contribution is 9.10. The van der Waals surface area contributed by atoms with E-state index in [-0.39, 0.29) is 0 Å². The SMILES string of the molecule is CS(C)(=O)=NC(=O)c1cc(Br)c[nH]1. The van der Waals surface area contributed by atoms with Crippen LogP contribution in [-0.2, 0) is 9.73 Å². The van der Waals surface area contributed by atoms with E-state index in [1.54, 1.807) is 12.3 Å². The van der Waals surface area contributed by atoms with Gasteiger partial charge in [0.05, 0.1) is 0 Å². The molecular weight excluding hydrogens is 256 g/mol. The van der Waals surface area contributed by atoms with Crippen molar-refractivity contribution in [1.82, 2.24) is 4.98 Å². The molecule has 0 bridgehead atoms. The van der Waals surface area contributed by atoms with Crippen molar-refractivity contribution < 1.29 is 9.00 Å². The molecule has 0 aliphatic rings. The van der Waals surface area contributed by atoms with E-state index in [2.05, 4.69) is 25.3 Å². The normalized spacial score (nSPS) is 11.3. The van der Waals surface area contributed by atoms with Crippen molar-refractivity contribution in [1.29, 1.82) is 0 Å². The molecule has 0 saturated heterocycles. The average Bonchev–Trinajstić information content (AvgIpc) is 2.31. The third-order valence-electron chi connectivity index (χ3n) is 1.18. The topological polar surface area (TPSA) is 62.3 Å². The minimum absolute atomic E-state index is 0.336. The molecule has 0 aliphatic heterocycles. The van der Waals surface area contributed by atoms with E-state index < -0.39 is 15.6 Å². The lowest BCUT2D eigenvalue weighted by Gasteiger charge is -1.92. The van der Waals surface area contributed by atoms with Gasteiger partial charge in [0, 0.05) is 32.9 Å². The summed E-state index contributed by atoms with van der Waals surface area (Å²) in [4.78, 5) is 14.0. The molecule has 1 aromatic rings. The summed E-state index contributed by atoms with van der Waals surface area (Å²) in [6.45, 7) is 0. The van der Waals surface area contributed by atoms with E-state index in [1.807, 2.05) is 0 Å². The Bertz CT molecular complexity index is 435. The number of hydrogen-bond donors (Lipinski definition) is 1. The zero-order valence-corrected chi connectivity index (χ0v) is 9.61. The first-order chi connectivity index (χ1) is 5.88. The van der Waals surface area contributed by atoms with Gasteiger partial charge < -0.3 is 4.98 Å². The maximum absolute atomic E-state index is 11.3. The van der Waals surface area contributed by atoms with E-state index in [4.69, 9.17) is 0 Å². The Hall–Kier alpha value is -0.620. The van der Waals surface area contributed by atoms with Gasteiger partial charge in [0.25, 0.3) is 0 Å². The molecular formula is C7H9BrN2O2S. The molecule has 13 heavy (non-hydrogen) atoms. The van der Waals surface area contributed by atoms with Crippen LogP contribution in [-0.4, -0.2) is 27.6 Å². The zero-order chi connectivity index (χ0) is 10.1. The number of aromatic amines is 1. The fourth-order valence-electron chi connectivity index (χ4n) is 0.740. The molecule has 0 saturated carbocycles. The lowest BCUT2D eigenvalue weighted by atomic mass is 10.4. The van der Waals surface area contributed by atoms with Crippen LogP contribution in [0.2, 0.25) is 0 Å². The standard InChI is InChI=1S/C7H9BrN2O2S/c1-13(2,12)10-7(11)6-3-5(8)4-9-6/h3-4,9H,1-2H3. The second-order valence-corrected chi connectivity index (χ2v) is 6.27. The summed E-state index contributed by atoms with van der Waals surface area (Å²) in [6, 6.07) is 1.59. The highest BCUT2D eigenvalue weighted by Gasteiger charge is 2.07. The molecule has 1 heterocycles. The second kappa shape index (κ2) is 3.63. The van der Waals surface area contributed by atoms with Crippen molar-refractivity contribution >= 4 is 31.6 Å². The summed E-state index contributed by atoms with van der Waals surface area (Å²) in [7, 11) is -2.37. The molecule has 4 nitrogen and oxygen atoms in total. The number of halogens is 1. The Morgan fingerprint density at radius 1 is 1.62 bits per heavy atom. The van der Waals surface area contributed by atoms with Gasteiger partial charge in [-0.2, -0.15) is 4.36 Å². The van der Waals surface area contributed by atoms with Crippen molar-refractivity contribution in [2.24, 2.45) is 4.36 Å². The van der Waals surface area contributed by atoms with Gasteiger partial charge in [-0.25, -0.2) is 4.21 Å². The van der Waals surface area contributed by atoms with Gasteiger partial charge in [-0.1, -0.05) is 0 Å². The third-order valence-corrected chi connectivity index (χ3v) is 2.24. The fourth-order valence-corrected chi connectivity index (χ4v) is 1.58. The second-order valence-electron chi connectivity index (χ2n) is 2.81. The van der Waals surface area contributed by atoms with Crippen molar-refractivity contribution in [2.45, 2.75) is 0 Å². The largest absolute Gasteiger partial charge is 0.356 e.